The van der Waals surface area contributed by atoms with Crippen LogP contribution in [0.5, 0.6) is 0 Å². The van der Waals surface area contributed by atoms with Crippen LogP contribution in [-0.4, -0.2) is 35.1 Å². The summed E-state index contributed by atoms with van der Waals surface area (Å²) >= 11 is 19.3. The van der Waals surface area contributed by atoms with Gasteiger partial charge >= 0.3 is 0 Å². The summed E-state index contributed by atoms with van der Waals surface area (Å²) in [7, 11) is 0. The van der Waals surface area contributed by atoms with Gasteiger partial charge in [0.15, 0.2) is 5.78 Å². The first-order valence-electron chi connectivity index (χ1n) is 12.5. The molecule has 0 unspecified atom stereocenters. The summed E-state index contributed by atoms with van der Waals surface area (Å²) in [6.45, 7) is 2.43. The van der Waals surface area contributed by atoms with E-state index in [9.17, 15) is 14.4 Å². The molecule has 4 atom stereocenters. The number of anilines is 2. The molecule has 7 rings (SSSR count). The number of halogens is 3. The van der Waals surface area contributed by atoms with Crippen molar-refractivity contribution in [3.8, 4) is 0 Å². The molecule has 2 N–H and O–H groups in total. The minimum absolute atomic E-state index is 0.213. The SMILES string of the molecule is Cc1cc(Cl)cc2c1NC(=O)[C@]21N2CCC[C@H]2[C@@H](C(=O)c2ccc(Cl)cc2Cl)[C@]12C(=O)Nc1ccccc12. The van der Waals surface area contributed by atoms with E-state index in [1.807, 2.05) is 31.2 Å². The molecule has 2 amide bonds. The van der Waals surface area contributed by atoms with E-state index in [-0.39, 0.29) is 34.2 Å². The number of hydrogen-bond acceptors (Lipinski definition) is 4. The minimum Gasteiger partial charge on any atom is -0.325 e. The molecule has 4 aliphatic heterocycles. The highest BCUT2D eigenvalue weighted by molar-refractivity contribution is 6.37. The van der Waals surface area contributed by atoms with Crippen molar-refractivity contribution in [2.75, 3.05) is 17.2 Å². The Morgan fingerprint density at radius 2 is 1.74 bits per heavy atom. The predicted molar refractivity (Wildman–Crippen MR) is 147 cm³/mol. The van der Waals surface area contributed by atoms with Crippen LogP contribution >= 0.6 is 34.8 Å². The van der Waals surface area contributed by atoms with Crippen LogP contribution in [0, 0.1) is 12.8 Å². The van der Waals surface area contributed by atoms with E-state index in [1.165, 1.54) is 6.07 Å². The van der Waals surface area contributed by atoms with Gasteiger partial charge in [-0.1, -0.05) is 53.0 Å². The number of hydrogen-bond donors (Lipinski definition) is 2. The van der Waals surface area contributed by atoms with Crippen molar-refractivity contribution >= 4 is 63.8 Å². The van der Waals surface area contributed by atoms with Gasteiger partial charge < -0.3 is 10.6 Å². The molecule has 6 nitrogen and oxygen atoms in total. The highest BCUT2D eigenvalue weighted by Crippen LogP contribution is 2.68. The number of aryl methyl sites for hydroxylation is 1. The van der Waals surface area contributed by atoms with Crippen molar-refractivity contribution in [3.05, 3.63) is 91.9 Å². The maximum Gasteiger partial charge on any atom is 0.251 e. The molecular weight excluding hydrogens is 545 g/mol. The van der Waals surface area contributed by atoms with Crippen LogP contribution in [0.25, 0.3) is 0 Å². The topological polar surface area (TPSA) is 78.5 Å². The molecule has 0 saturated carbocycles. The van der Waals surface area contributed by atoms with Crippen LogP contribution < -0.4 is 10.6 Å². The summed E-state index contributed by atoms with van der Waals surface area (Å²) in [6, 6.07) is 15.3. The Labute approximate surface area is 234 Å². The standard InChI is InChI=1S/C29H22Cl3N3O3/c1-14-11-16(31)12-19-24(14)34-27(38)29(19)28(18-5-2-3-6-21(18)33-26(28)37)23(22-7-4-10-35(22)29)25(36)17-9-8-15(30)13-20(17)32/h2-3,5-6,8-9,11-13,22-23H,4,7,10H2,1H3,(H,33,37)(H,34,38)/t22-,23-,28+,29+/m0/s1. The van der Waals surface area contributed by atoms with Gasteiger partial charge in [0, 0.05) is 38.6 Å². The molecule has 4 aliphatic rings. The number of rotatable bonds is 2. The van der Waals surface area contributed by atoms with Gasteiger partial charge in [0.25, 0.3) is 5.91 Å². The molecule has 3 aromatic rings. The second-order valence-corrected chi connectivity index (χ2v) is 11.8. The van der Waals surface area contributed by atoms with Crippen LogP contribution in [0.3, 0.4) is 0 Å². The van der Waals surface area contributed by atoms with Gasteiger partial charge in [0.1, 0.15) is 11.0 Å². The van der Waals surface area contributed by atoms with Crippen LogP contribution in [0.2, 0.25) is 15.1 Å². The smallest absolute Gasteiger partial charge is 0.251 e. The van der Waals surface area contributed by atoms with E-state index in [4.69, 9.17) is 34.8 Å². The minimum atomic E-state index is -1.55. The van der Waals surface area contributed by atoms with Gasteiger partial charge in [-0.2, -0.15) is 0 Å². The number of benzene rings is 3. The second-order valence-electron chi connectivity index (χ2n) is 10.5. The van der Waals surface area contributed by atoms with E-state index in [0.29, 0.717) is 45.5 Å². The van der Waals surface area contributed by atoms with Gasteiger partial charge in [-0.05, 0) is 73.8 Å². The van der Waals surface area contributed by atoms with Crippen molar-refractivity contribution in [3.63, 3.8) is 0 Å². The highest BCUT2D eigenvalue weighted by atomic mass is 35.5. The molecule has 3 aromatic carbocycles. The zero-order chi connectivity index (χ0) is 26.6. The average molecular weight is 567 g/mol. The lowest BCUT2D eigenvalue weighted by atomic mass is 9.57. The summed E-state index contributed by atoms with van der Waals surface area (Å²) in [5, 5.41) is 7.19. The maximum absolute atomic E-state index is 14.6. The van der Waals surface area contributed by atoms with E-state index >= 15 is 0 Å². The Hall–Kier alpha value is -2.90. The zero-order valence-electron chi connectivity index (χ0n) is 20.3. The van der Waals surface area contributed by atoms with E-state index in [2.05, 4.69) is 15.5 Å². The Balaban J connectivity index is 1.61. The first-order chi connectivity index (χ1) is 18.2. The number of Topliss-reactive ketones (excluding diaryl/α,β-unsaturated/α-hetero) is 1. The molecule has 2 saturated heterocycles. The van der Waals surface area contributed by atoms with E-state index < -0.39 is 16.9 Å². The number of fused-ring (bicyclic) bond motifs is 7. The fourth-order valence-electron chi connectivity index (χ4n) is 7.67. The normalized spacial score (nSPS) is 28.9. The van der Waals surface area contributed by atoms with Crippen LogP contribution in [-0.2, 0) is 20.5 Å². The molecule has 4 heterocycles. The monoisotopic (exact) mass is 565 g/mol. The number of ketones is 1. The lowest BCUT2D eigenvalue weighted by Gasteiger charge is -2.43. The van der Waals surface area contributed by atoms with Gasteiger partial charge in [-0.15, -0.1) is 0 Å². The average Bonchev–Trinajstić information content (AvgIpc) is 3.58. The first kappa shape index (κ1) is 24.2. The lowest BCUT2D eigenvalue weighted by molar-refractivity contribution is -0.137. The van der Waals surface area contributed by atoms with Gasteiger partial charge in [0.05, 0.1) is 10.9 Å². The summed E-state index contributed by atoms with van der Waals surface area (Å²) in [5.41, 5.74) is 0.536. The lowest BCUT2D eigenvalue weighted by Crippen LogP contribution is -2.62. The van der Waals surface area contributed by atoms with E-state index in [0.717, 1.165) is 12.0 Å². The molecule has 0 aliphatic carbocycles. The zero-order valence-corrected chi connectivity index (χ0v) is 22.5. The number of nitrogens with one attached hydrogen (secondary N) is 2. The molecule has 192 valence electrons. The summed E-state index contributed by atoms with van der Waals surface area (Å²) in [4.78, 5) is 45.7. The van der Waals surface area contributed by atoms with E-state index in [1.54, 1.807) is 24.3 Å². The van der Waals surface area contributed by atoms with Crippen molar-refractivity contribution in [2.24, 2.45) is 5.92 Å². The molecule has 0 bridgehead atoms. The van der Waals surface area contributed by atoms with Crippen molar-refractivity contribution in [2.45, 2.75) is 36.8 Å². The summed E-state index contributed by atoms with van der Waals surface area (Å²) in [5.74, 6) is -1.87. The number of carbonyl (C=O) groups excluding carboxylic acids is 3. The van der Waals surface area contributed by atoms with Crippen LogP contribution in [0.4, 0.5) is 11.4 Å². The molecule has 0 aromatic heterocycles. The molecular formula is C29H22Cl3N3O3. The second kappa shape index (κ2) is 8.06. The molecule has 38 heavy (non-hydrogen) atoms. The first-order valence-corrected chi connectivity index (χ1v) is 13.7. The Kier molecular flexibility index (Phi) is 5.12. The Morgan fingerprint density at radius 3 is 2.53 bits per heavy atom. The Bertz CT molecular complexity index is 1610. The third kappa shape index (κ3) is 2.71. The van der Waals surface area contributed by atoms with Crippen molar-refractivity contribution in [1.82, 2.24) is 4.90 Å². The molecule has 2 spiro atoms. The number of amides is 2. The highest BCUT2D eigenvalue weighted by Gasteiger charge is 2.81. The quantitative estimate of drug-likeness (QED) is 0.375. The molecule has 2 fully saturated rings. The van der Waals surface area contributed by atoms with Crippen LogP contribution in [0.15, 0.2) is 54.6 Å². The van der Waals surface area contributed by atoms with Crippen molar-refractivity contribution in [1.29, 1.82) is 0 Å². The Morgan fingerprint density at radius 1 is 0.947 bits per heavy atom. The van der Waals surface area contributed by atoms with Crippen LogP contribution in [0.1, 0.15) is 39.9 Å². The summed E-state index contributed by atoms with van der Waals surface area (Å²) < 4.78 is 0. The molecule has 0 radical (unpaired) electrons. The molecule has 9 heteroatoms. The fraction of sp³-hybridized carbons (Fsp3) is 0.276. The third-order valence-corrected chi connectivity index (χ3v) is 9.61. The van der Waals surface area contributed by atoms with Gasteiger partial charge in [-0.25, -0.2) is 0 Å². The number of nitrogens with zero attached hydrogens (tertiary/aromatic N) is 1. The largest absolute Gasteiger partial charge is 0.325 e. The van der Waals surface area contributed by atoms with Gasteiger partial charge in [0.2, 0.25) is 5.91 Å². The fourth-order valence-corrected chi connectivity index (χ4v) is 8.44. The summed E-state index contributed by atoms with van der Waals surface area (Å²) in [6.07, 6.45) is 1.44. The number of para-hydroxylation sites is 1. The third-order valence-electron chi connectivity index (χ3n) is 8.85. The van der Waals surface area contributed by atoms with Gasteiger partial charge in [-0.3, -0.25) is 19.3 Å². The van der Waals surface area contributed by atoms with Crippen molar-refractivity contribution < 1.29 is 14.4 Å². The maximum atomic E-state index is 14.6. The number of carbonyl (C=O) groups is 3. The predicted octanol–water partition coefficient (Wildman–Crippen LogP) is 5.97.